The Hall–Kier alpha value is -3.91. The summed E-state index contributed by atoms with van der Waals surface area (Å²) in [6, 6.07) is 11.6. The number of rotatable bonds is 6. The third kappa shape index (κ3) is 4.51. The molecule has 0 radical (unpaired) electrons. The molecule has 3 aromatic rings. The van der Waals surface area contributed by atoms with E-state index in [0.717, 1.165) is 4.90 Å². The van der Waals surface area contributed by atoms with Crippen LogP contribution in [0.25, 0.3) is 10.8 Å². The number of hydrogen-bond acceptors (Lipinski definition) is 7. The predicted octanol–water partition coefficient (Wildman–Crippen LogP) is 3.13. The lowest BCUT2D eigenvalue weighted by molar-refractivity contribution is -0.245. The van der Waals surface area contributed by atoms with Crippen molar-refractivity contribution in [1.82, 2.24) is 5.16 Å². The number of aryl methyl sites for hydroxylation is 1. The second-order valence-corrected chi connectivity index (χ2v) is 7.27. The molecule has 0 saturated heterocycles. The molecule has 1 amide bonds. The number of nitrogens with one attached hydrogen (secondary N) is 1. The Bertz CT molecular complexity index is 1300. The van der Waals surface area contributed by atoms with Gasteiger partial charge in [0.05, 0.1) is 28.9 Å². The molecule has 0 spiro atoms. The van der Waals surface area contributed by atoms with Crippen LogP contribution in [-0.2, 0) is 4.79 Å². The Balaban J connectivity index is 1.97. The van der Waals surface area contributed by atoms with E-state index < -0.39 is 29.9 Å². The summed E-state index contributed by atoms with van der Waals surface area (Å²) in [6.07, 6.45) is -5.33. The molecule has 8 nitrogen and oxygen atoms in total. The largest absolute Gasteiger partial charge is 0.428 e. The summed E-state index contributed by atoms with van der Waals surface area (Å²) in [4.78, 5) is 25.6. The van der Waals surface area contributed by atoms with Crippen molar-refractivity contribution in [3.63, 3.8) is 0 Å². The first-order valence-corrected chi connectivity index (χ1v) is 9.76. The minimum atomic E-state index is -5.33. The highest BCUT2D eigenvalue weighted by Crippen LogP contribution is 2.34. The van der Waals surface area contributed by atoms with E-state index in [-0.39, 0.29) is 39.9 Å². The second kappa shape index (κ2) is 8.91. The molecular formula is C22H19F3N4O4. The lowest BCUT2D eigenvalue weighted by Crippen LogP contribution is -2.61. The van der Waals surface area contributed by atoms with Crippen molar-refractivity contribution in [2.45, 2.75) is 25.6 Å². The number of anilines is 2. The number of aromatic nitrogens is 1. The summed E-state index contributed by atoms with van der Waals surface area (Å²) in [6.45, 7) is 1.90. The lowest BCUT2D eigenvalue weighted by Gasteiger charge is -2.35. The summed E-state index contributed by atoms with van der Waals surface area (Å²) < 4.78 is 46.5. The van der Waals surface area contributed by atoms with Crippen LogP contribution < -0.4 is 15.8 Å². The predicted molar refractivity (Wildman–Crippen MR) is 114 cm³/mol. The van der Waals surface area contributed by atoms with E-state index in [0.29, 0.717) is 0 Å². The number of aliphatic hydroxyl groups is 1. The zero-order chi connectivity index (χ0) is 24.4. The van der Waals surface area contributed by atoms with E-state index in [1.807, 2.05) is 6.07 Å². The van der Waals surface area contributed by atoms with E-state index in [2.05, 4.69) is 15.0 Å². The fourth-order valence-corrected chi connectivity index (χ4v) is 3.32. The summed E-state index contributed by atoms with van der Waals surface area (Å²) in [5, 5.41) is 25.9. The lowest BCUT2D eigenvalue weighted by atomic mass is 9.99. The van der Waals surface area contributed by atoms with E-state index >= 15 is 0 Å². The number of halogens is 3. The van der Waals surface area contributed by atoms with E-state index in [4.69, 9.17) is 0 Å². The topological polar surface area (TPSA) is 119 Å². The first kappa shape index (κ1) is 23.7. The molecule has 0 saturated carbocycles. The van der Waals surface area contributed by atoms with Crippen molar-refractivity contribution in [2.24, 2.45) is 0 Å². The fourth-order valence-electron chi connectivity index (χ4n) is 3.32. The average Bonchev–Trinajstić information content (AvgIpc) is 2.79. The zero-order valence-corrected chi connectivity index (χ0v) is 17.6. The standard InChI is InChI=1S/C22H19F3N4O4/c1-3-29(18-7-5-4-6-14(18)11-26)12-21(32,22(23,24)25)20(31)27-15-8-9-16-17(10-15)13(2)28-33-19(16)30/h4-10,32H,3,12H2,1-2H3,(H,27,31). The highest BCUT2D eigenvalue weighted by atomic mass is 19.4. The van der Waals surface area contributed by atoms with Gasteiger partial charge in [0.25, 0.3) is 11.5 Å². The van der Waals surface area contributed by atoms with E-state index in [9.17, 15) is 33.1 Å². The quantitative estimate of drug-likeness (QED) is 0.580. The molecule has 1 aromatic heterocycles. The SMILES string of the molecule is CCN(CC(O)(C(=O)Nc1ccc2c(=O)onc(C)c2c1)C(F)(F)F)c1ccccc1C#N. The number of alkyl halides is 3. The average molecular weight is 460 g/mol. The van der Waals surface area contributed by atoms with Crippen LogP contribution in [-0.4, -0.2) is 41.0 Å². The molecule has 33 heavy (non-hydrogen) atoms. The van der Waals surface area contributed by atoms with Crippen molar-refractivity contribution in [3.05, 3.63) is 64.1 Å². The number of amides is 1. The molecule has 2 N–H and O–H groups in total. The molecule has 1 atom stereocenters. The Kier molecular flexibility index (Phi) is 6.41. The molecule has 3 rings (SSSR count). The Labute approximate surface area is 185 Å². The van der Waals surface area contributed by atoms with Crippen LogP contribution >= 0.6 is 0 Å². The maximum Gasteiger partial charge on any atom is 0.428 e. The first-order chi connectivity index (χ1) is 15.5. The van der Waals surface area contributed by atoms with Gasteiger partial charge in [-0.2, -0.15) is 18.4 Å². The van der Waals surface area contributed by atoms with Gasteiger partial charge in [-0.1, -0.05) is 17.3 Å². The third-order valence-electron chi connectivity index (χ3n) is 5.16. The fraction of sp³-hybridized carbons (Fsp3) is 0.273. The highest BCUT2D eigenvalue weighted by Gasteiger charge is 2.60. The van der Waals surface area contributed by atoms with Gasteiger partial charge in [0.15, 0.2) is 0 Å². The molecule has 0 bridgehead atoms. The maximum absolute atomic E-state index is 14.0. The molecule has 1 unspecified atom stereocenters. The minimum Gasteiger partial charge on any atom is -0.371 e. The number of hydrogen-bond donors (Lipinski definition) is 2. The molecule has 0 fully saturated rings. The van der Waals surface area contributed by atoms with Crippen LogP contribution in [0.4, 0.5) is 24.5 Å². The van der Waals surface area contributed by atoms with Gasteiger partial charge in [-0.05, 0) is 44.2 Å². The zero-order valence-electron chi connectivity index (χ0n) is 17.6. The van der Waals surface area contributed by atoms with E-state index in [1.165, 1.54) is 50.2 Å². The van der Waals surface area contributed by atoms with Crippen LogP contribution in [0, 0.1) is 18.3 Å². The van der Waals surface area contributed by atoms with Crippen LogP contribution in [0.2, 0.25) is 0 Å². The van der Waals surface area contributed by atoms with Crippen molar-refractivity contribution in [1.29, 1.82) is 5.26 Å². The second-order valence-electron chi connectivity index (χ2n) is 7.27. The number of carbonyl (C=O) groups excluding carboxylic acids is 1. The van der Waals surface area contributed by atoms with Gasteiger partial charge in [-0.25, -0.2) is 4.79 Å². The maximum atomic E-state index is 14.0. The molecule has 2 aromatic carbocycles. The van der Waals surface area contributed by atoms with Crippen LogP contribution in [0.5, 0.6) is 0 Å². The van der Waals surface area contributed by atoms with Crippen LogP contribution in [0.1, 0.15) is 18.2 Å². The van der Waals surface area contributed by atoms with Gasteiger partial charge in [0.2, 0.25) is 0 Å². The summed E-state index contributed by atoms with van der Waals surface area (Å²) in [5.41, 5.74) is -4.08. The normalized spacial score (nSPS) is 13.2. The Morgan fingerprint density at radius 2 is 1.94 bits per heavy atom. The van der Waals surface area contributed by atoms with Crippen molar-refractivity contribution < 1.29 is 27.6 Å². The Morgan fingerprint density at radius 1 is 1.24 bits per heavy atom. The molecule has 1 heterocycles. The number of nitrogens with zero attached hydrogens (tertiary/aromatic N) is 3. The van der Waals surface area contributed by atoms with Crippen molar-refractivity contribution in [2.75, 3.05) is 23.3 Å². The Morgan fingerprint density at radius 3 is 2.58 bits per heavy atom. The number of fused-ring (bicyclic) bond motifs is 1. The smallest absolute Gasteiger partial charge is 0.371 e. The number of carbonyl (C=O) groups is 1. The molecular weight excluding hydrogens is 441 g/mol. The summed E-state index contributed by atoms with van der Waals surface area (Å²) in [7, 11) is 0. The van der Waals surface area contributed by atoms with E-state index in [1.54, 1.807) is 6.07 Å². The molecule has 172 valence electrons. The van der Waals surface area contributed by atoms with Crippen molar-refractivity contribution in [3.8, 4) is 6.07 Å². The molecule has 0 aliphatic heterocycles. The minimum absolute atomic E-state index is 0.0129. The summed E-state index contributed by atoms with van der Waals surface area (Å²) >= 11 is 0. The highest BCUT2D eigenvalue weighted by molar-refractivity contribution is 6.00. The van der Waals surface area contributed by atoms with Crippen molar-refractivity contribution >= 4 is 28.1 Å². The number of benzene rings is 2. The molecule has 0 aliphatic rings. The summed E-state index contributed by atoms with van der Waals surface area (Å²) in [5.74, 6) is -1.71. The van der Waals surface area contributed by atoms with Gasteiger partial charge < -0.3 is 19.8 Å². The van der Waals surface area contributed by atoms with Gasteiger partial charge in [0, 0.05) is 17.6 Å². The third-order valence-corrected chi connectivity index (χ3v) is 5.16. The monoisotopic (exact) mass is 460 g/mol. The first-order valence-electron chi connectivity index (χ1n) is 9.76. The number of likely N-dealkylation sites (N-methyl/N-ethyl adjacent to an activating group) is 1. The van der Waals surface area contributed by atoms with Crippen LogP contribution in [0.15, 0.2) is 51.8 Å². The van der Waals surface area contributed by atoms with Gasteiger partial charge in [-0.15, -0.1) is 0 Å². The van der Waals surface area contributed by atoms with Gasteiger partial charge in [-0.3, -0.25) is 4.79 Å². The van der Waals surface area contributed by atoms with Crippen LogP contribution in [0.3, 0.4) is 0 Å². The number of para-hydroxylation sites is 1. The number of nitriles is 1. The molecule has 11 heteroatoms. The van der Waals surface area contributed by atoms with Gasteiger partial charge in [0.1, 0.15) is 6.07 Å². The van der Waals surface area contributed by atoms with Gasteiger partial charge >= 0.3 is 11.8 Å². The molecule has 0 aliphatic carbocycles.